The monoisotopic (exact) mass is 414 g/mol. The molecule has 0 atom stereocenters. The van der Waals surface area contributed by atoms with Gasteiger partial charge in [0.1, 0.15) is 5.82 Å². The third-order valence-electron chi connectivity index (χ3n) is 3.78. The van der Waals surface area contributed by atoms with Crippen molar-refractivity contribution in [3.05, 3.63) is 94.8 Å². The molecule has 0 aromatic heterocycles. The van der Waals surface area contributed by atoms with Crippen LogP contribution in [0.15, 0.2) is 77.7 Å². The number of anilines is 1. The van der Waals surface area contributed by atoms with Crippen LogP contribution in [-0.4, -0.2) is 11.9 Å². The quantitative estimate of drug-likeness (QED) is 0.524. The smallest absolute Gasteiger partial charge is 0.308 e. The average Bonchev–Trinajstić information content (AvgIpc) is 2.69. The molecular formula is C21H16ClFN2O2S. The molecule has 0 spiro atoms. The SMILES string of the molecule is O=C(NC(=O)c1ccccc1F)Nc1ccc(SCc2ccc(Cl)cc2)cc1. The lowest BCUT2D eigenvalue weighted by atomic mass is 10.2. The van der Waals surface area contributed by atoms with Crippen LogP contribution in [0.25, 0.3) is 0 Å². The Balaban J connectivity index is 1.52. The molecule has 0 fully saturated rings. The van der Waals surface area contributed by atoms with E-state index >= 15 is 0 Å². The van der Waals surface area contributed by atoms with E-state index in [9.17, 15) is 14.0 Å². The summed E-state index contributed by atoms with van der Waals surface area (Å²) in [4.78, 5) is 24.9. The number of carbonyl (C=O) groups is 2. The van der Waals surface area contributed by atoms with E-state index in [0.717, 1.165) is 22.3 Å². The Morgan fingerprint density at radius 3 is 2.29 bits per heavy atom. The molecule has 7 heteroatoms. The fourth-order valence-electron chi connectivity index (χ4n) is 2.36. The summed E-state index contributed by atoms with van der Waals surface area (Å²) in [6, 6.07) is 19.6. The normalized spacial score (nSPS) is 10.4. The van der Waals surface area contributed by atoms with Crippen molar-refractivity contribution in [1.29, 1.82) is 0 Å². The molecule has 0 saturated heterocycles. The van der Waals surface area contributed by atoms with Crippen LogP contribution < -0.4 is 10.6 Å². The van der Waals surface area contributed by atoms with Gasteiger partial charge in [0, 0.05) is 21.4 Å². The Morgan fingerprint density at radius 2 is 1.61 bits per heavy atom. The maximum Gasteiger partial charge on any atom is 0.326 e. The molecule has 0 aliphatic rings. The van der Waals surface area contributed by atoms with Crippen LogP contribution >= 0.6 is 23.4 Å². The third-order valence-corrected chi connectivity index (χ3v) is 5.11. The predicted molar refractivity (Wildman–Crippen MR) is 110 cm³/mol. The van der Waals surface area contributed by atoms with Gasteiger partial charge in [-0.15, -0.1) is 11.8 Å². The van der Waals surface area contributed by atoms with Gasteiger partial charge >= 0.3 is 6.03 Å². The zero-order chi connectivity index (χ0) is 19.9. The average molecular weight is 415 g/mol. The third kappa shape index (κ3) is 5.58. The first kappa shape index (κ1) is 19.9. The zero-order valence-electron chi connectivity index (χ0n) is 14.6. The zero-order valence-corrected chi connectivity index (χ0v) is 16.2. The van der Waals surface area contributed by atoms with Gasteiger partial charge in [0.25, 0.3) is 5.91 Å². The molecule has 0 heterocycles. The maximum absolute atomic E-state index is 13.6. The number of halogens is 2. The highest BCUT2D eigenvalue weighted by Crippen LogP contribution is 2.25. The highest BCUT2D eigenvalue weighted by molar-refractivity contribution is 7.98. The molecule has 0 aliphatic carbocycles. The standard InChI is InChI=1S/C21H16ClFN2O2S/c22-15-7-5-14(6-8-15)13-28-17-11-9-16(10-12-17)24-21(27)25-20(26)18-3-1-2-4-19(18)23/h1-12H,13H2,(H2,24,25,26,27). The maximum atomic E-state index is 13.6. The minimum Gasteiger partial charge on any atom is -0.308 e. The lowest BCUT2D eigenvalue weighted by Gasteiger charge is -2.08. The molecule has 2 N–H and O–H groups in total. The number of amides is 3. The highest BCUT2D eigenvalue weighted by Gasteiger charge is 2.14. The summed E-state index contributed by atoms with van der Waals surface area (Å²) in [5.74, 6) is -0.692. The van der Waals surface area contributed by atoms with Gasteiger partial charge in [0.2, 0.25) is 0 Å². The van der Waals surface area contributed by atoms with Gasteiger partial charge in [-0.2, -0.15) is 0 Å². The van der Waals surface area contributed by atoms with E-state index in [4.69, 9.17) is 11.6 Å². The van der Waals surface area contributed by atoms with Crippen LogP contribution in [0.5, 0.6) is 0 Å². The van der Waals surface area contributed by atoms with Crippen LogP contribution in [0.2, 0.25) is 5.02 Å². The number of thioether (sulfide) groups is 1. The van der Waals surface area contributed by atoms with Gasteiger partial charge in [-0.1, -0.05) is 35.9 Å². The fraction of sp³-hybridized carbons (Fsp3) is 0.0476. The minimum atomic E-state index is -0.800. The van der Waals surface area contributed by atoms with Crippen molar-refractivity contribution < 1.29 is 14.0 Å². The summed E-state index contributed by atoms with van der Waals surface area (Å²) in [6.45, 7) is 0. The van der Waals surface area contributed by atoms with Gasteiger partial charge in [0.05, 0.1) is 5.56 Å². The summed E-state index contributed by atoms with van der Waals surface area (Å²) in [6.07, 6.45) is 0. The van der Waals surface area contributed by atoms with Gasteiger partial charge < -0.3 is 5.32 Å². The molecule has 0 radical (unpaired) electrons. The first-order valence-corrected chi connectivity index (χ1v) is 9.72. The number of imide groups is 1. The number of rotatable bonds is 5. The van der Waals surface area contributed by atoms with Gasteiger partial charge in [-0.05, 0) is 54.1 Å². The number of carbonyl (C=O) groups excluding carboxylic acids is 2. The molecule has 142 valence electrons. The number of hydrogen-bond donors (Lipinski definition) is 2. The second kappa shape index (κ2) is 9.39. The molecule has 3 aromatic carbocycles. The largest absolute Gasteiger partial charge is 0.326 e. The first-order chi connectivity index (χ1) is 13.5. The number of nitrogens with one attached hydrogen (secondary N) is 2. The summed E-state index contributed by atoms with van der Waals surface area (Å²) < 4.78 is 13.6. The molecule has 0 bridgehead atoms. The lowest BCUT2D eigenvalue weighted by Crippen LogP contribution is -2.34. The van der Waals surface area contributed by atoms with Crippen molar-refractivity contribution in [2.45, 2.75) is 10.6 Å². The van der Waals surface area contributed by atoms with E-state index in [2.05, 4.69) is 10.6 Å². The Bertz CT molecular complexity index is 978. The van der Waals surface area contributed by atoms with Crippen molar-refractivity contribution in [2.75, 3.05) is 5.32 Å². The summed E-state index contributed by atoms with van der Waals surface area (Å²) >= 11 is 7.52. The van der Waals surface area contributed by atoms with E-state index in [1.165, 1.54) is 18.2 Å². The Morgan fingerprint density at radius 1 is 0.929 bits per heavy atom. The Hall–Kier alpha value is -2.83. The Kier molecular flexibility index (Phi) is 6.68. The molecule has 0 saturated carbocycles. The van der Waals surface area contributed by atoms with Crippen molar-refractivity contribution >= 4 is 41.0 Å². The van der Waals surface area contributed by atoms with Crippen molar-refractivity contribution in [1.82, 2.24) is 5.32 Å². The molecule has 3 amide bonds. The summed E-state index contributed by atoms with van der Waals surface area (Å²) in [5.41, 5.74) is 1.49. The van der Waals surface area contributed by atoms with Gasteiger partial charge in [-0.25, -0.2) is 9.18 Å². The molecular weight excluding hydrogens is 399 g/mol. The van der Waals surface area contributed by atoms with Gasteiger partial charge in [0.15, 0.2) is 0 Å². The number of hydrogen-bond acceptors (Lipinski definition) is 3. The van der Waals surface area contributed by atoms with E-state index in [-0.39, 0.29) is 5.56 Å². The van der Waals surface area contributed by atoms with E-state index in [1.807, 2.05) is 36.4 Å². The van der Waals surface area contributed by atoms with Crippen molar-refractivity contribution in [3.63, 3.8) is 0 Å². The molecule has 4 nitrogen and oxygen atoms in total. The molecule has 0 aliphatic heterocycles. The molecule has 3 rings (SSSR count). The summed E-state index contributed by atoms with van der Waals surface area (Å²) in [7, 11) is 0. The Labute approximate surface area is 171 Å². The van der Waals surface area contributed by atoms with Crippen LogP contribution in [0, 0.1) is 5.82 Å². The fourth-order valence-corrected chi connectivity index (χ4v) is 3.34. The molecule has 0 unspecified atom stereocenters. The van der Waals surface area contributed by atoms with E-state index in [1.54, 1.807) is 23.9 Å². The number of benzene rings is 3. The van der Waals surface area contributed by atoms with Crippen molar-refractivity contribution in [2.24, 2.45) is 0 Å². The molecule has 28 heavy (non-hydrogen) atoms. The summed E-state index contributed by atoms with van der Waals surface area (Å²) in [5, 5.41) is 5.36. The predicted octanol–water partition coefficient (Wildman–Crippen LogP) is 5.73. The van der Waals surface area contributed by atoms with E-state index in [0.29, 0.717) is 10.7 Å². The second-order valence-electron chi connectivity index (χ2n) is 5.83. The number of urea groups is 1. The van der Waals surface area contributed by atoms with Crippen LogP contribution in [0.1, 0.15) is 15.9 Å². The first-order valence-electron chi connectivity index (χ1n) is 8.35. The topological polar surface area (TPSA) is 58.2 Å². The van der Waals surface area contributed by atoms with Crippen LogP contribution in [0.4, 0.5) is 14.9 Å². The highest BCUT2D eigenvalue weighted by atomic mass is 35.5. The van der Waals surface area contributed by atoms with Crippen LogP contribution in [-0.2, 0) is 5.75 Å². The second-order valence-corrected chi connectivity index (χ2v) is 7.31. The van der Waals surface area contributed by atoms with Gasteiger partial charge in [-0.3, -0.25) is 10.1 Å². The minimum absolute atomic E-state index is 0.188. The lowest BCUT2D eigenvalue weighted by molar-refractivity contribution is 0.0963. The molecule has 3 aromatic rings. The van der Waals surface area contributed by atoms with Crippen molar-refractivity contribution in [3.8, 4) is 0 Å². The van der Waals surface area contributed by atoms with E-state index < -0.39 is 17.8 Å². The van der Waals surface area contributed by atoms with Crippen LogP contribution in [0.3, 0.4) is 0 Å².